The van der Waals surface area contributed by atoms with Gasteiger partial charge in [0.1, 0.15) is 6.54 Å². The number of nitrogens with zero attached hydrogens (tertiary/aromatic N) is 1. The van der Waals surface area contributed by atoms with Crippen molar-refractivity contribution < 1.29 is 41.4 Å². The summed E-state index contributed by atoms with van der Waals surface area (Å²) in [6, 6.07) is 22.7. The third kappa shape index (κ3) is 7.18. The van der Waals surface area contributed by atoms with Crippen LogP contribution in [0.2, 0.25) is 0 Å². The Morgan fingerprint density at radius 3 is 1.79 bits per heavy atom. The molecule has 0 amide bonds. The molecule has 4 rings (SSSR count). The highest BCUT2D eigenvalue weighted by Gasteiger charge is 2.22. The summed E-state index contributed by atoms with van der Waals surface area (Å²) in [5.41, 5.74) is 17.2. The molecule has 0 aliphatic rings. The third-order valence-corrected chi connectivity index (χ3v) is 4.53. The lowest BCUT2D eigenvalue weighted by atomic mass is 9.98. The van der Waals surface area contributed by atoms with Gasteiger partial charge in [0.2, 0.25) is 11.2 Å². The quantitative estimate of drug-likeness (QED) is 0.181. The minimum atomic E-state index is -0.833. The van der Waals surface area contributed by atoms with Crippen molar-refractivity contribution in [1.29, 1.82) is 0 Å². The molecular formula is C25H28BrN3O4. The number of carboxylic acid groups (broad SMARTS) is 2. The molecule has 6 N–H and O–H groups in total. The first-order chi connectivity index (χ1) is 15.1. The van der Waals surface area contributed by atoms with E-state index in [4.69, 9.17) is 31.3 Å². The van der Waals surface area contributed by atoms with Crippen molar-refractivity contribution >= 4 is 45.0 Å². The maximum absolute atomic E-state index is 9.00. The van der Waals surface area contributed by atoms with Crippen molar-refractivity contribution in [3.63, 3.8) is 0 Å². The number of aryl methyl sites for hydroxylation is 1. The number of pyridine rings is 1. The predicted octanol–water partition coefficient (Wildman–Crippen LogP) is 1.32. The number of carbonyl (C=O) groups is 2. The first-order valence-electron chi connectivity index (χ1n) is 10.0. The van der Waals surface area contributed by atoms with Gasteiger partial charge in [-0.15, -0.1) is 0 Å². The van der Waals surface area contributed by atoms with E-state index < -0.39 is 11.9 Å². The summed E-state index contributed by atoms with van der Waals surface area (Å²) < 4.78 is 2.32. The second kappa shape index (κ2) is 12.4. The largest absolute Gasteiger partial charge is 1.00 e. The molecule has 0 spiro atoms. The molecule has 0 aliphatic heterocycles. The zero-order chi connectivity index (χ0) is 23.8. The number of nitrogens with two attached hydrogens (primary N) is 2. The van der Waals surface area contributed by atoms with Gasteiger partial charge >= 0.3 is 0 Å². The Morgan fingerprint density at radius 1 is 0.788 bits per heavy atom. The molecule has 0 bridgehead atoms. The van der Waals surface area contributed by atoms with E-state index >= 15 is 0 Å². The van der Waals surface area contributed by atoms with Gasteiger partial charge in [0.05, 0.1) is 10.8 Å². The molecule has 4 aromatic rings. The van der Waals surface area contributed by atoms with Crippen molar-refractivity contribution in [3.8, 4) is 11.3 Å². The standard InChI is InChI=1S/C21H19N3.2C2H4O2.BrH/c1-2-24-20-13-16(23)9-11-18(20)17-10-8-15(22)12-19(17)21(24)14-6-4-3-5-7-14;2*1-2(3)4;/h3-13,23H,2,22H2,1H3;2*1H3,(H,3,4);1H. The van der Waals surface area contributed by atoms with Crippen LogP contribution in [0.25, 0.3) is 32.9 Å². The number of anilines is 2. The lowest BCUT2D eigenvalue weighted by Gasteiger charge is -2.12. The summed E-state index contributed by atoms with van der Waals surface area (Å²) in [6.07, 6.45) is 0. The smallest absolute Gasteiger partial charge is 0.300 e. The number of hydrogen-bond acceptors (Lipinski definition) is 4. The number of aliphatic carboxylic acids is 2. The van der Waals surface area contributed by atoms with Crippen molar-refractivity contribution in [3.05, 3.63) is 66.7 Å². The van der Waals surface area contributed by atoms with E-state index in [2.05, 4.69) is 60.0 Å². The van der Waals surface area contributed by atoms with E-state index in [0.29, 0.717) is 0 Å². The van der Waals surface area contributed by atoms with E-state index in [1.165, 1.54) is 27.4 Å². The molecule has 0 fully saturated rings. The average molecular weight is 514 g/mol. The molecule has 0 unspecified atom stereocenters. The molecule has 1 aromatic heterocycles. The summed E-state index contributed by atoms with van der Waals surface area (Å²) in [7, 11) is 0. The Bertz CT molecular complexity index is 1240. The first-order valence-corrected chi connectivity index (χ1v) is 10.0. The highest BCUT2D eigenvalue weighted by Crippen LogP contribution is 2.33. The van der Waals surface area contributed by atoms with Crippen LogP contribution in [0.4, 0.5) is 11.4 Å². The second-order valence-electron chi connectivity index (χ2n) is 7.08. The Kier molecular flexibility index (Phi) is 10.3. The molecular weight excluding hydrogens is 486 g/mol. The third-order valence-electron chi connectivity index (χ3n) is 4.53. The molecule has 0 atom stereocenters. The number of halogens is 1. The van der Waals surface area contributed by atoms with Crippen molar-refractivity contribution in [2.45, 2.75) is 27.3 Å². The van der Waals surface area contributed by atoms with Crippen molar-refractivity contribution in [1.82, 2.24) is 0 Å². The van der Waals surface area contributed by atoms with Gasteiger partial charge in [0, 0.05) is 42.2 Å². The Labute approximate surface area is 203 Å². The van der Waals surface area contributed by atoms with E-state index in [1.807, 2.05) is 18.2 Å². The van der Waals surface area contributed by atoms with Gasteiger partial charge in [0.25, 0.3) is 11.9 Å². The predicted molar refractivity (Wildman–Crippen MR) is 128 cm³/mol. The summed E-state index contributed by atoms with van der Waals surface area (Å²) >= 11 is 0. The fourth-order valence-electron chi connectivity index (χ4n) is 3.49. The molecule has 1 heterocycles. The van der Waals surface area contributed by atoms with Crippen molar-refractivity contribution in [2.24, 2.45) is 0 Å². The number of benzene rings is 3. The Hall–Kier alpha value is -3.65. The van der Waals surface area contributed by atoms with Gasteiger partial charge in [-0.3, -0.25) is 9.59 Å². The number of hydrogen-bond donors (Lipinski definition) is 4. The summed E-state index contributed by atoms with van der Waals surface area (Å²) in [4.78, 5) is 18.0. The second-order valence-corrected chi connectivity index (χ2v) is 7.08. The van der Waals surface area contributed by atoms with Crippen LogP contribution in [-0.4, -0.2) is 22.2 Å². The van der Waals surface area contributed by atoms with Gasteiger partial charge in [-0.05, 0) is 43.3 Å². The van der Waals surface area contributed by atoms with E-state index in [1.54, 1.807) is 0 Å². The van der Waals surface area contributed by atoms with Crippen LogP contribution in [0.1, 0.15) is 20.8 Å². The van der Waals surface area contributed by atoms with Gasteiger partial charge in [-0.2, -0.15) is 4.57 Å². The topological polar surface area (TPSA) is 131 Å². The normalized spacial score (nSPS) is 9.67. The number of rotatable bonds is 2. The van der Waals surface area contributed by atoms with Crippen LogP contribution >= 0.6 is 0 Å². The first kappa shape index (κ1) is 27.4. The van der Waals surface area contributed by atoms with Crippen LogP contribution in [0.5, 0.6) is 0 Å². The maximum atomic E-state index is 9.00. The van der Waals surface area contributed by atoms with Crippen molar-refractivity contribution in [2.75, 3.05) is 11.5 Å². The van der Waals surface area contributed by atoms with Crippen LogP contribution < -0.4 is 33.0 Å². The molecule has 174 valence electrons. The monoisotopic (exact) mass is 513 g/mol. The fraction of sp³-hybridized carbons (Fsp3) is 0.160. The number of carboxylic acids is 2. The van der Waals surface area contributed by atoms with Crippen LogP contribution in [-0.2, 0) is 16.1 Å². The van der Waals surface area contributed by atoms with E-state index in [0.717, 1.165) is 37.3 Å². The fourth-order valence-corrected chi connectivity index (χ4v) is 3.49. The van der Waals surface area contributed by atoms with Gasteiger partial charge < -0.3 is 38.7 Å². The Morgan fingerprint density at radius 2 is 1.27 bits per heavy atom. The number of fused-ring (bicyclic) bond motifs is 3. The molecule has 33 heavy (non-hydrogen) atoms. The summed E-state index contributed by atoms with van der Waals surface area (Å²) in [5.74, 6) is -1.67. The lowest BCUT2D eigenvalue weighted by molar-refractivity contribution is -0.655. The lowest BCUT2D eigenvalue weighted by Crippen LogP contribution is -3.00. The summed E-state index contributed by atoms with van der Waals surface area (Å²) in [5, 5.41) is 18.4. The van der Waals surface area contributed by atoms with E-state index in [9.17, 15) is 0 Å². The zero-order valence-corrected chi connectivity index (χ0v) is 20.3. The molecule has 0 saturated carbocycles. The molecule has 8 heteroatoms. The van der Waals surface area contributed by atoms with E-state index in [-0.39, 0.29) is 17.0 Å². The van der Waals surface area contributed by atoms with Gasteiger partial charge in [-0.1, -0.05) is 24.3 Å². The highest BCUT2D eigenvalue weighted by atomic mass is 79.9. The molecule has 0 radical (unpaired) electrons. The average Bonchev–Trinajstić information content (AvgIpc) is 2.72. The van der Waals surface area contributed by atoms with Crippen LogP contribution in [0.15, 0.2) is 66.7 Å². The maximum Gasteiger partial charge on any atom is 0.300 e. The number of nitrogen functional groups attached to an aromatic ring is 2. The molecule has 0 saturated heterocycles. The molecule has 0 aliphatic carbocycles. The highest BCUT2D eigenvalue weighted by molar-refractivity contribution is 6.10. The van der Waals surface area contributed by atoms with Crippen LogP contribution in [0, 0.1) is 0 Å². The minimum absolute atomic E-state index is 0. The number of aromatic nitrogens is 1. The van der Waals surface area contributed by atoms with Crippen LogP contribution in [0.3, 0.4) is 0 Å². The summed E-state index contributed by atoms with van der Waals surface area (Å²) in [6.45, 7) is 5.18. The minimum Gasteiger partial charge on any atom is -1.00 e. The SMILES string of the molecule is CC(=O)O.CC(=O)O.CC[n+]1c(-c2ccccc2)c2cc(N)ccc2c2ccc(N)cc21.[Br-]. The molecule has 7 nitrogen and oxygen atoms in total. The van der Waals surface area contributed by atoms with Gasteiger partial charge in [-0.25, -0.2) is 0 Å². The molecule has 3 aromatic carbocycles. The van der Waals surface area contributed by atoms with Gasteiger partial charge in [0.15, 0.2) is 0 Å². The zero-order valence-electron chi connectivity index (χ0n) is 18.7. The Balaban J connectivity index is 0.000000529.